The standard InChI is InChI=1S/C14H20ClNO3/c1-9(2)6-12(14(17)18)16-8-10-7-11(15)4-5-13(10)19-3/h4-5,7,9,12,16H,6,8H2,1-3H3,(H,17,18). The van der Waals surface area contributed by atoms with E-state index in [9.17, 15) is 4.79 Å². The number of carboxylic acid groups (broad SMARTS) is 1. The number of halogens is 1. The molecule has 0 saturated heterocycles. The average Bonchev–Trinajstić information content (AvgIpc) is 2.34. The highest BCUT2D eigenvalue weighted by Crippen LogP contribution is 2.22. The lowest BCUT2D eigenvalue weighted by Crippen LogP contribution is -2.37. The van der Waals surface area contributed by atoms with Crippen LogP contribution in [0.15, 0.2) is 18.2 Å². The zero-order chi connectivity index (χ0) is 14.4. The highest BCUT2D eigenvalue weighted by molar-refractivity contribution is 6.30. The van der Waals surface area contributed by atoms with Crippen molar-refractivity contribution in [3.05, 3.63) is 28.8 Å². The third kappa shape index (κ3) is 5.09. The van der Waals surface area contributed by atoms with E-state index in [4.69, 9.17) is 21.4 Å². The van der Waals surface area contributed by atoms with Gasteiger partial charge in [0.25, 0.3) is 0 Å². The summed E-state index contributed by atoms with van der Waals surface area (Å²) in [6.07, 6.45) is 0.582. The van der Waals surface area contributed by atoms with Crippen LogP contribution in [0.1, 0.15) is 25.8 Å². The van der Waals surface area contributed by atoms with Gasteiger partial charge in [-0.05, 0) is 30.5 Å². The highest BCUT2D eigenvalue weighted by Gasteiger charge is 2.18. The summed E-state index contributed by atoms with van der Waals surface area (Å²) in [5.74, 6) is 0.176. The molecule has 2 N–H and O–H groups in total. The van der Waals surface area contributed by atoms with E-state index in [-0.39, 0.29) is 0 Å². The molecular formula is C14H20ClNO3. The molecule has 19 heavy (non-hydrogen) atoms. The first-order chi connectivity index (χ1) is 8.93. The largest absolute Gasteiger partial charge is 0.496 e. The number of nitrogens with one attached hydrogen (secondary N) is 1. The normalized spacial score (nSPS) is 12.5. The molecule has 0 fully saturated rings. The zero-order valence-electron chi connectivity index (χ0n) is 11.4. The minimum atomic E-state index is -0.838. The molecule has 0 heterocycles. The van der Waals surface area contributed by atoms with Crippen LogP contribution in [-0.2, 0) is 11.3 Å². The Bertz CT molecular complexity index is 435. The molecule has 0 amide bonds. The van der Waals surface area contributed by atoms with Crippen molar-refractivity contribution in [3.63, 3.8) is 0 Å². The molecule has 0 aromatic heterocycles. The van der Waals surface area contributed by atoms with E-state index >= 15 is 0 Å². The predicted molar refractivity (Wildman–Crippen MR) is 75.7 cm³/mol. The van der Waals surface area contributed by atoms with E-state index in [2.05, 4.69) is 5.32 Å². The van der Waals surface area contributed by atoms with Crippen LogP contribution in [0.5, 0.6) is 5.75 Å². The Morgan fingerprint density at radius 2 is 2.16 bits per heavy atom. The van der Waals surface area contributed by atoms with Gasteiger partial charge in [-0.2, -0.15) is 0 Å². The van der Waals surface area contributed by atoms with Gasteiger partial charge in [0.2, 0.25) is 0 Å². The molecule has 1 aromatic rings. The van der Waals surface area contributed by atoms with Crippen LogP contribution < -0.4 is 10.1 Å². The third-order valence-electron chi connectivity index (χ3n) is 2.79. The van der Waals surface area contributed by atoms with E-state index in [1.165, 1.54) is 0 Å². The number of hydrogen-bond acceptors (Lipinski definition) is 3. The molecule has 0 saturated carbocycles. The molecule has 0 aliphatic carbocycles. The second-order valence-electron chi connectivity index (χ2n) is 4.86. The van der Waals surface area contributed by atoms with E-state index in [0.717, 1.165) is 5.56 Å². The van der Waals surface area contributed by atoms with E-state index in [1.54, 1.807) is 25.3 Å². The Kier molecular flexibility index (Phi) is 6.12. The summed E-state index contributed by atoms with van der Waals surface area (Å²) in [4.78, 5) is 11.2. The van der Waals surface area contributed by atoms with Crippen molar-refractivity contribution in [1.82, 2.24) is 5.32 Å². The minimum Gasteiger partial charge on any atom is -0.496 e. The quantitative estimate of drug-likeness (QED) is 0.809. The van der Waals surface area contributed by atoms with Crippen LogP contribution in [0, 0.1) is 5.92 Å². The van der Waals surface area contributed by atoms with Crippen molar-refractivity contribution in [3.8, 4) is 5.75 Å². The summed E-state index contributed by atoms with van der Waals surface area (Å²) in [5, 5.41) is 12.8. The molecule has 0 spiro atoms. The number of hydrogen-bond donors (Lipinski definition) is 2. The number of ether oxygens (including phenoxy) is 1. The van der Waals surface area contributed by atoms with Gasteiger partial charge in [-0.3, -0.25) is 4.79 Å². The van der Waals surface area contributed by atoms with Gasteiger partial charge in [0.05, 0.1) is 7.11 Å². The summed E-state index contributed by atoms with van der Waals surface area (Å²) in [7, 11) is 1.58. The van der Waals surface area contributed by atoms with Gasteiger partial charge in [-0.15, -0.1) is 0 Å². The van der Waals surface area contributed by atoms with Gasteiger partial charge < -0.3 is 15.2 Å². The summed E-state index contributed by atoms with van der Waals surface area (Å²) in [5.41, 5.74) is 0.852. The summed E-state index contributed by atoms with van der Waals surface area (Å²) in [6, 6.07) is 4.73. The van der Waals surface area contributed by atoms with Crippen molar-refractivity contribution in [2.45, 2.75) is 32.9 Å². The Labute approximate surface area is 118 Å². The van der Waals surface area contributed by atoms with Crippen molar-refractivity contribution in [2.75, 3.05) is 7.11 Å². The lowest BCUT2D eigenvalue weighted by molar-refractivity contribution is -0.140. The molecule has 1 aromatic carbocycles. The number of benzene rings is 1. The number of carboxylic acids is 1. The van der Waals surface area contributed by atoms with E-state index < -0.39 is 12.0 Å². The van der Waals surface area contributed by atoms with Crippen molar-refractivity contribution < 1.29 is 14.6 Å². The fourth-order valence-corrected chi connectivity index (χ4v) is 2.06. The van der Waals surface area contributed by atoms with Gasteiger partial charge in [0, 0.05) is 17.1 Å². The van der Waals surface area contributed by atoms with Crippen LogP contribution >= 0.6 is 11.6 Å². The smallest absolute Gasteiger partial charge is 0.320 e. The Balaban J connectivity index is 2.73. The van der Waals surface area contributed by atoms with Gasteiger partial charge in [-0.1, -0.05) is 25.4 Å². The SMILES string of the molecule is COc1ccc(Cl)cc1CNC(CC(C)C)C(=O)O. The Hall–Kier alpha value is -1.26. The fourth-order valence-electron chi connectivity index (χ4n) is 1.86. The minimum absolute atomic E-state index is 0.315. The maximum atomic E-state index is 11.2. The van der Waals surface area contributed by atoms with Gasteiger partial charge in [0.1, 0.15) is 11.8 Å². The summed E-state index contributed by atoms with van der Waals surface area (Å²) >= 11 is 5.94. The number of carbonyl (C=O) groups is 1. The van der Waals surface area contributed by atoms with Gasteiger partial charge in [-0.25, -0.2) is 0 Å². The third-order valence-corrected chi connectivity index (χ3v) is 3.02. The molecule has 0 radical (unpaired) electrons. The fraction of sp³-hybridized carbons (Fsp3) is 0.500. The number of aliphatic carboxylic acids is 1. The Morgan fingerprint density at radius 1 is 1.47 bits per heavy atom. The molecule has 0 aliphatic rings. The van der Waals surface area contributed by atoms with Crippen LogP contribution in [0.3, 0.4) is 0 Å². The maximum Gasteiger partial charge on any atom is 0.320 e. The average molecular weight is 286 g/mol. The first-order valence-corrected chi connectivity index (χ1v) is 6.60. The second-order valence-corrected chi connectivity index (χ2v) is 5.29. The van der Waals surface area contributed by atoms with Crippen molar-refractivity contribution >= 4 is 17.6 Å². The number of rotatable bonds is 7. The summed E-state index contributed by atoms with van der Waals surface area (Å²) in [6.45, 7) is 4.41. The molecule has 106 valence electrons. The molecule has 1 unspecified atom stereocenters. The molecule has 0 aliphatic heterocycles. The monoisotopic (exact) mass is 285 g/mol. The molecule has 0 bridgehead atoms. The van der Waals surface area contributed by atoms with Crippen LogP contribution in [0.4, 0.5) is 0 Å². The van der Waals surface area contributed by atoms with Crippen molar-refractivity contribution in [1.29, 1.82) is 0 Å². The maximum absolute atomic E-state index is 11.2. The molecule has 1 atom stereocenters. The molecule has 1 rings (SSSR count). The Morgan fingerprint density at radius 3 is 2.68 bits per heavy atom. The first kappa shape index (κ1) is 15.8. The molecule has 5 heteroatoms. The van der Waals surface area contributed by atoms with E-state index in [0.29, 0.717) is 29.7 Å². The van der Waals surface area contributed by atoms with Crippen LogP contribution in [0.25, 0.3) is 0 Å². The topological polar surface area (TPSA) is 58.6 Å². The lowest BCUT2D eigenvalue weighted by Gasteiger charge is -2.17. The first-order valence-electron chi connectivity index (χ1n) is 6.22. The number of methoxy groups -OCH3 is 1. The zero-order valence-corrected chi connectivity index (χ0v) is 12.2. The van der Waals surface area contributed by atoms with E-state index in [1.807, 2.05) is 13.8 Å². The van der Waals surface area contributed by atoms with Crippen molar-refractivity contribution in [2.24, 2.45) is 5.92 Å². The second kappa shape index (κ2) is 7.36. The molecule has 4 nitrogen and oxygen atoms in total. The van der Waals surface area contributed by atoms with Crippen LogP contribution in [-0.4, -0.2) is 24.2 Å². The van der Waals surface area contributed by atoms with Gasteiger partial charge >= 0.3 is 5.97 Å². The van der Waals surface area contributed by atoms with Crippen LogP contribution in [0.2, 0.25) is 5.02 Å². The summed E-state index contributed by atoms with van der Waals surface area (Å²) < 4.78 is 5.23. The lowest BCUT2D eigenvalue weighted by atomic mass is 10.0. The molecular weight excluding hydrogens is 266 g/mol. The highest BCUT2D eigenvalue weighted by atomic mass is 35.5. The predicted octanol–water partition coefficient (Wildman–Crippen LogP) is 2.94. The van der Waals surface area contributed by atoms with Gasteiger partial charge in [0.15, 0.2) is 0 Å².